The highest BCUT2D eigenvalue weighted by atomic mass is 35.5. The van der Waals surface area contributed by atoms with E-state index in [-0.39, 0.29) is 30.7 Å². The Morgan fingerprint density at radius 1 is 1.09 bits per heavy atom. The topological polar surface area (TPSA) is 63.2 Å². The third-order valence-corrected chi connectivity index (χ3v) is 5.58. The van der Waals surface area contributed by atoms with Gasteiger partial charge in [0.1, 0.15) is 17.9 Å². The van der Waals surface area contributed by atoms with Crippen molar-refractivity contribution in [2.75, 3.05) is 26.2 Å². The molecule has 1 aliphatic rings. The van der Waals surface area contributed by atoms with Crippen LogP contribution in [0.3, 0.4) is 0 Å². The molecule has 0 aliphatic carbocycles. The van der Waals surface area contributed by atoms with Crippen molar-refractivity contribution < 1.29 is 9.53 Å². The van der Waals surface area contributed by atoms with E-state index in [2.05, 4.69) is 39.9 Å². The third-order valence-electron chi connectivity index (χ3n) is 5.58. The van der Waals surface area contributed by atoms with Gasteiger partial charge in [-0.15, -0.1) is 24.8 Å². The number of pyridine rings is 1. The Labute approximate surface area is 202 Å². The third kappa shape index (κ3) is 7.09. The number of halogens is 2. The van der Waals surface area contributed by atoms with E-state index in [1.807, 2.05) is 37.3 Å². The maximum absolute atomic E-state index is 12.3. The zero-order chi connectivity index (χ0) is 20.8. The van der Waals surface area contributed by atoms with Crippen molar-refractivity contribution in [2.45, 2.75) is 26.2 Å². The zero-order valence-electron chi connectivity index (χ0n) is 18.3. The van der Waals surface area contributed by atoms with Crippen LogP contribution in [0.4, 0.5) is 0 Å². The van der Waals surface area contributed by atoms with Crippen LogP contribution in [0.25, 0.3) is 10.9 Å². The SMILES string of the molecule is Cc1ccc2cccc(OCCNC(=O)Cc3ccc(CC4CCNC4)cc3)c2n1.Cl.Cl. The molecular formula is C25H31Cl2N3O2. The summed E-state index contributed by atoms with van der Waals surface area (Å²) in [7, 11) is 0. The van der Waals surface area contributed by atoms with Gasteiger partial charge >= 0.3 is 0 Å². The Hall–Kier alpha value is -2.34. The lowest BCUT2D eigenvalue weighted by Crippen LogP contribution is -2.29. The van der Waals surface area contributed by atoms with Gasteiger partial charge in [0.2, 0.25) is 5.91 Å². The van der Waals surface area contributed by atoms with E-state index in [9.17, 15) is 4.79 Å². The number of nitrogens with one attached hydrogen (secondary N) is 2. The number of carbonyl (C=O) groups is 1. The number of hydrogen-bond donors (Lipinski definition) is 2. The molecule has 0 spiro atoms. The molecule has 1 aromatic heterocycles. The van der Waals surface area contributed by atoms with E-state index >= 15 is 0 Å². The number of aryl methyl sites for hydroxylation is 1. The first-order valence-corrected chi connectivity index (χ1v) is 10.7. The first kappa shape index (κ1) is 25.9. The number of rotatable bonds is 8. The first-order valence-electron chi connectivity index (χ1n) is 10.7. The predicted molar refractivity (Wildman–Crippen MR) is 134 cm³/mol. The fourth-order valence-corrected chi connectivity index (χ4v) is 3.95. The quantitative estimate of drug-likeness (QED) is 0.477. The Kier molecular flexibility index (Phi) is 10.2. The molecule has 0 bridgehead atoms. The monoisotopic (exact) mass is 475 g/mol. The molecule has 1 amide bonds. The van der Waals surface area contributed by atoms with Crippen LogP contribution >= 0.6 is 24.8 Å². The minimum Gasteiger partial charge on any atom is -0.489 e. The number of aromatic nitrogens is 1. The number of amides is 1. The number of ether oxygens (including phenoxy) is 1. The van der Waals surface area contributed by atoms with Gasteiger partial charge in [0.25, 0.3) is 0 Å². The molecule has 1 fully saturated rings. The average molecular weight is 476 g/mol. The smallest absolute Gasteiger partial charge is 0.224 e. The van der Waals surface area contributed by atoms with Crippen molar-refractivity contribution in [3.05, 3.63) is 71.4 Å². The number of hydrogen-bond acceptors (Lipinski definition) is 4. The lowest BCUT2D eigenvalue weighted by atomic mass is 9.97. The van der Waals surface area contributed by atoms with Crippen molar-refractivity contribution in [3.8, 4) is 5.75 Å². The second-order valence-electron chi connectivity index (χ2n) is 8.04. The highest BCUT2D eigenvalue weighted by Gasteiger charge is 2.14. The van der Waals surface area contributed by atoms with Crippen LogP contribution < -0.4 is 15.4 Å². The second-order valence-corrected chi connectivity index (χ2v) is 8.04. The summed E-state index contributed by atoms with van der Waals surface area (Å²) in [4.78, 5) is 16.8. The molecular weight excluding hydrogens is 445 g/mol. The Balaban J connectivity index is 0.00000181. The van der Waals surface area contributed by atoms with Crippen molar-refractivity contribution in [3.63, 3.8) is 0 Å². The summed E-state index contributed by atoms with van der Waals surface area (Å²) >= 11 is 0. The van der Waals surface area contributed by atoms with Crippen LogP contribution in [0.5, 0.6) is 5.75 Å². The van der Waals surface area contributed by atoms with Gasteiger partial charge in [-0.05, 0) is 62.0 Å². The number of fused-ring (bicyclic) bond motifs is 1. The fraction of sp³-hybridized carbons (Fsp3) is 0.360. The van der Waals surface area contributed by atoms with E-state index in [1.165, 1.54) is 12.0 Å². The molecule has 5 nitrogen and oxygen atoms in total. The van der Waals surface area contributed by atoms with Gasteiger partial charge in [-0.2, -0.15) is 0 Å². The summed E-state index contributed by atoms with van der Waals surface area (Å²) in [5.41, 5.74) is 4.20. The molecule has 4 rings (SSSR count). The standard InChI is InChI=1S/C25H29N3O2.2ClH/c1-18-5-10-22-3-2-4-23(25(22)28-18)30-14-13-27-24(29)16-20-8-6-19(7-9-20)15-21-11-12-26-17-21;;/h2-10,21,26H,11-17H2,1H3,(H,27,29);2*1H. The molecule has 172 valence electrons. The molecule has 3 aromatic rings. The summed E-state index contributed by atoms with van der Waals surface area (Å²) in [6.45, 7) is 5.08. The molecule has 32 heavy (non-hydrogen) atoms. The zero-order valence-corrected chi connectivity index (χ0v) is 19.9. The van der Waals surface area contributed by atoms with Crippen LogP contribution in [-0.2, 0) is 17.6 Å². The molecule has 0 radical (unpaired) electrons. The molecule has 2 N–H and O–H groups in total. The molecule has 0 saturated carbocycles. The highest BCUT2D eigenvalue weighted by molar-refractivity contribution is 5.86. The molecule has 7 heteroatoms. The van der Waals surface area contributed by atoms with Crippen molar-refractivity contribution >= 4 is 41.6 Å². The maximum atomic E-state index is 12.3. The predicted octanol–water partition coefficient (Wildman–Crippen LogP) is 4.28. The normalized spacial score (nSPS) is 15.0. The summed E-state index contributed by atoms with van der Waals surface area (Å²) in [5, 5.41) is 7.40. The summed E-state index contributed by atoms with van der Waals surface area (Å²) in [6, 6.07) is 18.4. The Bertz CT molecular complexity index is 1010. The number of carbonyl (C=O) groups excluding carboxylic acids is 1. The molecule has 2 heterocycles. The van der Waals surface area contributed by atoms with Gasteiger partial charge in [-0.3, -0.25) is 4.79 Å². The van der Waals surface area contributed by atoms with E-state index in [1.54, 1.807) is 0 Å². The van der Waals surface area contributed by atoms with Gasteiger partial charge in [-0.1, -0.05) is 42.5 Å². The van der Waals surface area contributed by atoms with Crippen LogP contribution in [0.15, 0.2) is 54.6 Å². The molecule has 1 aliphatic heterocycles. The summed E-state index contributed by atoms with van der Waals surface area (Å²) in [5.74, 6) is 1.50. The minimum absolute atomic E-state index is 0. The van der Waals surface area contributed by atoms with E-state index in [0.29, 0.717) is 19.6 Å². The van der Waals surface area contributed by atoms with Gasteiger partial charge in [-0.25, -0.2) is 4.98 Å². The van der Waals surface area contributed by atoms with E-state index in [4.69, 9.17) is 4.74 Å². The molecule has 1 atom stereocenters. The lowest BCUT2D eigenvalue weighted by Gasteiger charge is -2.11. The second kappa shape index (κ2) is 12.6. The number of nitrogens with zero attached hydrogens (tertiary/aromatic N) is 1. The number of benzene rings is 2. The average Bonchev–Trinajstić information content (AvgIpc) is 3.26. The van der Waals surface area contributed by atoms with Gasteiger partial charge in [0.15, 0.2) is 0 Å². The van der Waals surface area contributed by atoms with E-state index in [0.717, 1.165) is 53.3 Å². The van der Waals surface area contributed by atoms with Gasteiger partial charge in [0.05, 0.1) is 13.0 Å². The van der Waals surface area contributed by atoms with Crippen molar-refractivity contribution in [2.24, 2.45) is 5.92 Å². The largest absolute Gasteiger partial charge is 0.489 e. The Morgan fingerprint density at radius 2 is 1.88 bits per heavy atom. The van der Waals surface area contributed by atoms with Crippen molar-refractivity contribution in [1.29, 1.82) is 0 Å². The van der Waals surface area contributed by atoms with Crippen molar-refractivity contribution in [1.82, 2.24) is 15.6 Å². The first-order chi connectivity index (χ1) is 14.7. The van der Waals surface area contributed by atoms with Gasteiger partial charge < -0.3 is 15.4 Å². The number of para-hydroxylation sites is 1. The van der Waals surface area contributed by atoms with Gasteiger partial charge in [0, 0.05) is 11.1 Å². The molecule has 1 saturated heterocycles. The highest BCUT2D eigenvalue weighted by Crippen LogP contribution is 2.23. The van der Waals surface area contributed by atoms with Crippen LogP contribution in [0, 0.1) is 12.8 Å². The minimum atomic E-state index is 0. The molecule has 2 aromatic carbocycles. The van der Waals surface area contributed by atoms with E-state index < -0.39 is 0 Å². The Morgan fingerprint density at radius 3 is 2.62 bits per heavy atom. The fourth-order valence-electron chi connectivity index (χ4n) is 3.95. The molecule has 1 unspecified atom stereocenters. The lowest BCUT2D eigenvalue weighted by molar-refractivity contribution is -0.120. The van der Waals surface area contributed by atoms with Crippen LogP contribution in [0.2, 0.25) is 0 Å². The van der Waals surface area contributed by atoms with Crippen LogP contribution in [0.1, 0.15) is 23.2 Å². The van der Waals surface area contributed by atoms with Crippen LogP contribution in [-0.4, -0.2) is 37.1 Å². The maximum Gasteiger partial charge on any atom is 0.224 e. The summed E-state index contributed by atoms with van der Waals surface area (Å²) < 4.78 is 5.87. The summed E-state index contributed by atoms with van der Waals surface area (Å²) in [6.07, 6.45) is 2.75.